The molecule has 0 aliphatic rings. The molecule has 2 unspecified atom stereocenters. The number of amides is 1. The second-order valence-electron chi connectivity index (χ2n) is 4.12. The van der Waals surface area contributed by atoms with Crippen LogP contribution in [0.2, 0.25) is 10.0 Å². The van der Waals surface area contributed by atoms with E-state index in [0.29, 0.717) is 21.4 Å². The molecule has 19 heavy (non-hydrogen) atoms. The molecular weight excluding hydrogens is 307 g/mol. The van der Waals surface area contributed by atoms with Crippen LogP contribution >= 0.6 is 35.0 Å². The fraction of sp³-hybridized carbons (Fsp3) is 0.417. The van der Waals surface area contributed by atoms with Gasteiger partial charge in [0, 0.05) is 10.9 Å². The number of anilines is 2. The molecule has 0 saturated carbocycles. The van der Waals surface area contributed by atoms with Crippen LogP contribution in [0.4, 0.5) is 11.4 Å². The molecule has 0 aliphatic heterocycles. The normalized spacial score (nSPS) is 13.9. The van der Waals surface area contributed by atoms with Gasteiger partial charge in [0.05, 0.1) is 27.6 Å². The van der Waals surface area contributed by atoms with Gasteiger partial charge in [-0.2, -0.15) is 0 Å². The molecule has 0 spiro atoms. The quantitative estimate of drug-likeness (QED) is 0.728. The number of carbonyl (C=O) groups is 1. The third-order valence-electron chi connectivity index (χ3n) is 2.38. The largest absolute Gasteiger partial charge is 0.399 e. The highest BCUT2D eigenvalue weighted by Gasteiger charge is 2.19. The number of rotatable bonds is 5. The van der Waals surface area contributed by atoms with Gasteiger partial charge in [-0.1, -0.05) is 30.1 Å². The number of benzene rings is 1. The van der Waals surface area contributed by atoms with Crippen molar-refractivity contribution in [3.05, 3.63) is 22.2 Å². The van der Waals surface area contributed by atoms with Crippen LogP contribution in [0.5, 0.6) is 0 Å². The monoisotopic (exact) mass is 322 g/mol. The zero-order chi connectivity index (χ0) is 14.6. The van der Waals surface area contributed by atoms with Crippen LogP contribution in [0.25, 0.3) is 0 Å². The van der Waals surface area contributed by atoms with Gasteiger partial charge in [-0.3, -0.25) is 4.79 Å². The SMILES string of the molecule is CC(CO)SC(C)C(=O)Nc1c(Cl)cc(N)cc1Cl. The Hall–Kier alpha value is -0.620. The molecule has 0 saturated heterocycles. The molecule has 0 bridgehead atoms. The second-order valence-corrected chi connectivity index (χ2v) is 6.72. The van der Waals surface area contributed by atoms with Gasteiger partial charge in [0.15, 0.2) is 0 Å². The van der Waals surface area contributed by atoms with E-state index >= 15 is 0 Å². The molecule has 0 aromatic heterocycles. The lowest BCUT2D eigenvalue weighted by molar-refractivity contribution is -0.115. The maximum atomic E-state index is 12.0. The molecule has 0 heterocycles. The Morgan fingerprint density at radius 2 is 1.95 bits per heavy atom. The zero-order valence-corrected chi connectivity index (χ0v) is 12.9. The number of nitrogen functional groups attached to an aromatic ring is 1. The summed E-state index contributed by atoms with van der Waals surface area (Å²) in [6.45, 7) is 3.62. The number of aliphatic hydroxyl groups excluding tert-OH is 1. The molecule has 0 fully saturated rings. The number of halogens is 2. The Bertz CT molecular complexity index is 448. The van der Waals surface area contributed by atoms with Crippen LogP contribution in [0, 0.1) is 0 Å². The first kappa shape index (κ1) is 16.4. The van der Waals surface area contributed by atoms with E-state index < -0.39 is 0 Å². The number of hydrogen-bond donors (Lipinski definition) is 3. The summed E-state index contributed by atoms with van der Waals surface area (Å²) in [5.74, 6) is -0.223. The number of thioether (sulfide) groups is 1. The summed E-state index contributed by atoms with van der Waals surface area (Å²) in [7, 11) is 0. The number of hydrogen-bond acceptors (Lipinski definition) is 4. The van der Waals surface area contributed by atoms with Crippen molar-refractivity contribution in [3.8, 4) is 0 Å². The Morgan fingerprint density at radius 1 is 1.42 bits per heavy atom. The summed E-state index contributed by atoms with van der Waals surface area (Å²) in [5, 5.41) is 11.9. The fourth-order valence-electron chi connectivity index (χ4n) is 1.39. The standard InChI is InChI=1S/C12H16Cl2N2O2S/c1-6(5-17)19-7(2)12(18)16-11-9(13)3-8(15)4-10(11)14/h3-4,6-7,17H,5,15H2,1-2H3,(H,16,18). The van der Waals surface area contributed by atoms with Gasteiger partial charge in [0.25, 0.3) is 0 Å². The van der Waals surface area contributed by atoms with Gasteiger partial charge in [-0.05, 0) is 19.1 Å². The minimum absolute atomic E-state index is 0.0156. The maximum Gasteiger partial charge on any atom is 0.237 e. The summed E-state index contributed by atoms with van der Waals surface area (Å²) < 4.78 is 0. The lowest BCUT2D eigenvalue weighted by Crippen LogP contribution is -2.25. The van der Waals surface area contributed by atoms with Gasteiger partial charge in [0.2, 0.25) is 5.91 Å². The van der Waals surface area contributed by atoms with E-state index in [0.717, 1.165) is 0 Å². The fourth-order valence-corrected chi connectivity index (χ4v) is 2.95. The van der Waals surface area contributed by atoms with Crippen molar-refractivity contribution in [2.75, 3.05) is 17.7 Å². The van der Waals surface area contributed by atoms with Crippen molar-refractivity contribution in [1.29, 1.82) is 0 Å². The molecule has 1 amide bonds. The Labute approximate surface area is 126 Å². The van der Waals surface area contributed by atoms with E-state index in [1.165, 1.54) is 23.9 Å². The first-order valence-electron chi connectivity index (χ1n) is 5.66. The first-order valence-corrected chi connectivity index (χ1v) is 7.36. The third kappa shape index (κ3) is 4.76. The Balaban J connectivity index is 2.77. The van der Waals surface area contributed by atoms with E-state index in [4.69, 9.17) is 34.0 Å². The summed E-state index contributed by atoms with van der Waals surface area (Å²) in [5.41, 5.74) is 6.38. The predicted molar refractivity (Wildman–Crippen MR) is 83.1 cm³/mol. The van der Waals surface area contributed by atoms with Crippen molar-refractivity contribution in [1.82, 2.24) is 0 Å². The lowest BCUT2D eigenvalue weighted by atomic mass is 10.2. The van der Waals surface area contributed by atoms with Gasteiger partial charge >= 0.3 is 0 Å². The second kappa shape index (κ2) is 7.24. The summed E-state index contributed by atoms with van der Waals surface area (Å²) >= 11 is 13.4. The van der Waals surface area contributed by atoms with Crippen LogP contribution in [0.3, 0.4) is 0 Å². The average Bonchev–Trinajstić information content (AvgIpc) is 2.32. The molecule has 4 nitrogen and oxygen atoms in total. The van der Waals surface area contributed by atoms with E-state index in [1.54, 1.807) is 6.92 Å². The van der Waals surface area contributed by atoms with Crippen molar-refractivity contribution in [3.63, 3.8) is 0 Å². The highest BCUT2D eigenvalue weighted by Crippen LogP contribution is 2.33. The van der Waals surface area contributed by atoms with Crippen molar-refractivity contribution >= 4 is 52.2 Å². The smallest absolute Gasteiger partial charge is 0.237 e. The van der Waals surface area contributed by atoms with Gasteiger partial charge in [-0.25, -0.2) is 0 Å². The number of nitrogens with one attached hydrogen (secondary N) is 1. The molecule has 0 radical (unpaired) electrons. The van der Waals surface area contributed by atoms with Gasteiger partial charge < -0.3 is 16.2 Å². The van der Waals surface area contributed by atoms with Gasteiger partial charge in [0.1, 0.15) is 0 Å². The Morgan fingerprint density at radius 3 is 2.42 bits per heavy atom. The molecule has 2 atom stereocenters. The summed E-state index contributed by atoms with van der Waals surface area (Å²) in [6, 6.07) is 3.05. The van der Waals surface area contributed by atoms with Crippen LogP contribution in [0.1, 0.15) is 13.8 Å². The van der Waals surface area contributed by atoms with Crippen molar-refractivity contribution in [2.45, 2.75) is 24.3 Å². The summed E-state index contributed by atoms with van der Waals surface area (Å²) in [6.07, 6.45) is 0. The van der Waals surface area contributed by atoms with Gasteiger partial charge in [-0.15, -0.1) is 11.8 Å². The topological polar surface area (TPSA) is 75.3 Å². The highest BCUT2D eigenvalue weighted by atomic mass is 35.5. The van der Waals surface area contributed by atoms with E-state index in [-0.39, 0.29) is 23.0 Å². The van der Waals surface area contributed by atoms with Crippen LogP contribution in [-0.4, -0.2) is 28.1 Å². The van der Waals surface area contributed by atoms with E-state index in [2.05, 4.69) is 5.32 Å². The Kier molecular flexibility index (Phi) is 6.26. The molecular formula is C12H16Cl2N2O2S. The minimum Gasteiger partial charge on any atom is -0.399 e. The molecule has 4 N–H and O–H groups in total. The molecule has 0 aliphatic carbocycles. The van der Waals surface area contributed by atoms with E-state index in [1.807, 2.05) is 6.92 Å². The first-order chi connectivity index (χ1) is 8.85. The van der Waals surface area contributed by atoms with E-state index in [9.17, 15) is 4.79 Å². The molecule has 106 valence electrons. The zero-order valence-electron chi connectivity index (χ0n) is 10.6. The molecule has 1 rings (SSSR count). The van der Waals surface area contributed by atoms with Crippen LogP contribution in [0.15, 0.2) is 12.1 Å². The molecule has 1 aromatic carbocycles. The third-order valence-corrected chi connectivity index (χ3v) is 4.21. The highest BCUT2D eigenvalue weighted by molar-refractivity contribution is 8.01. The minimum atomic E-state index is -0.327. The molecule has 1 aromatic rings. The molecule has 7 heteroatoms. The average molecular weight is 323 g/mol. The van der Waals surface area contributed by atoms with Crippen LogP contribution < -0.4 is 11.1 Å². The number of carbonyl (C=O) groups excluding carboxylic acids is 1. The maximum absolute atomic E-state index is 12.0. The summed E-state index contributed by atoms with van der Waals surface area (Å²) in [4.78, 5) is 12.0. The van der Waals surface area contributed by atoms with Crippen molar-refractivity contribution < 1.29 is 9.90 Å². The van der Waals surface area contributed by atoms with Crippen LogP contribution in [-0.2, 0) is 4.79 Å². The number of aliphatic hydroxyl groups is 1. The number of nitrogens with two attached hydrogens (primary N) is 1. The van der Waals surface area contributed by atoms with Crippen molar-refractivity contribution in [2.24, 2.45) is 0 Å². The lowest BCUT2D eigenvalue weighted by Gasteiger charge is -2.16. The predicted octanol–water partition coefficient (Wildman–Crippen LogP) is 3.02.